The molecule has 0 saturated heterocycles. The fourth-order valence-corrected chi connectivity index (χ4v) is 1.78. The van der Waals surface area contributed by atoms with E-state index in [2.05, 4.69) is 22.2 Å². The number of hydrogen-bond acceptors (Lipinski definition) is 3. The van der Waals surface area contributed by atoms with Crippen molar-refractivity contribution in [2.75, 3.05) is 33.7 Å². The van der Waals surface area contributed by atoms with Crippen LogP contribution in [0.2, 0.25) is 5.02 Å². The fraction of sp³-hybridized carbons (Fsp3) is 0.412. The van der Waals surface area contributed by atoms with E-state index < -0.39 is 0 Å². The molecule has 1 aromatic carbocycles. The Hall–Kier alpha value is -2.21. The number of rotatable bonds is 8. The van der Waals surface area contributed by atoms with Gasteiger partial charge in [0.1, 0.15) is 18.4 Å². The van der Waals surface area contributed by atoms with Crippen LogP contribution >= 0.6 is 11.6 Å². The number of benzene rings is 1. The molecule has 0 radical (unpaired) electrons. The Balaban J connectivity index is 2.53. The van der Waals surface area contributed by atoms with Crippen molar-refractivity contribution in [3.05, 3.63) is 41.9 Å². The zero-order chi connectivity index (χ0) is 17.9. The van der Waals surface area contributed by atoms with Gasteiger partial charge in [-0.25, -0.2) is 4.99 Å². The molecule has 0 aliphatic rings. The van der Waals surface area contributed by atoms with Gasteiger partial charge in [0.2, 0.25) is 5.91 Å². The average Bonchev–Trinajstić information content (AvgIpc) is 2.55. The van der Waals surface area contributed by atoms with Gasteiger partial charge in [-0.3, -0.25) is 4.79 Å². The maximum absolute atomic E-state index is 11.6. The minimum Gasteiger partial charge on any atom is -0.489 e. The molecule has 1 rings (SSSR count). The molecule has 0 saturated carbocycles. The summed E-state index contributed by atoms with van der Waals surface area (Å²) in [5.74, 6) is 1.21. The molecule has 0 heterocycles. The number of nitrogens with zero attached hydrogens (tertiary/aromatic N) is 2. The van der Waals surface area contributed by atoms with Gasteiger partial charge < -0.3 is 20.3 Å². The average molecular weight is 353 g/mol. The maximum Gasteiger partial charge on any atom is 0.243 e. The molecule has 1 aromatic rings. The Morgan fingerprint density at radius 2 is 2.04 bits per heavy atom. The maximum atomic E-state index is 11.6. The molecule has 0 aliphatic carbocycles. The van der Waals surface area contributed by atoms with E-state index in [1.54, 1.807) is 32.3 Å². The molecular formula is C17H25ClN4O2. The molecule has 132 valence electrons. The van der Waals surface area contributed by atoms with E-state index in [9.17, 15) is 4.79 Å². The summed E-state index contributed by atoms with van der Waals surface area (Å²) >= 11 is 5.85. The van der Waals surface area contributed by atoms with Crippen molar-refractivity contribution in [2.24, 2.45) is 4.99 Å². The van der Waals surface area contributed by atoms with Crippen molar-refractivity contribution >= 4 is 23.5 Å². The molecule has 6 nitrogen and oxygen atoms in total. The number of halogens is 1. The number of carbonyl (C=O) groups is 1. The van der Waals surface area contributed by atoms with Gasteiger partial charge in [0, 0.05) is 25.7 Å². The zero-order valence-corrected chi connectivity index (χ0v) is 15.1. The summed E-state index contributed by atoms with van der Waals surface area (Å²) in [4.78, 5) is 17.4. The topological polar surface area (TPSA) is 66.0 Å². The van der Waals surface area contributed by atoms with Crippen LogP contribution in [0.15, 0.2) is 41.9 Å². The number of likely N-dealkylation sites (N-methyl/N-ethyl adjacent to an activating group) is 1. The molecule has 1 unspecified atom stereocenters. The minimum absolute atomic E-state index is 0.0693. The third-order valence-corrected chi connectivity index (χ3v) is 3.24. The third kappa shape index (κ3) is 7.87. The van der Waals surface area contributed by atoms with Crippen LogP contribution in [0, 0.1) is 0 Å². The highest BCUT2D eigenvalue weighted by Gasteiger charge is 2.07. The molecule has 7 heteroatoms. The molecule has 1 amide bonds. The SMILES string of the molecule is C=CCNC(=NCC(=O)N(C)C)NCC(C)Oc1ccc(Cl)cc1. The smallest absolute Gasteiger partial charge is 0.243 e. The van der Waals surface area contributed by atoms with Gasteiger partial charge in [-0.1, -0.05) is 17.7 Å². The largest absolute Gasteiger partial charge is 0.489 e. The van der Waals surface area contributed by atoms with Gasteiger partial charge >= 0.3 is 0 Å². The Bertz CT molecular complexity index is 558. The Morgan fingerprint density at radius 3 is 2.62 bits per heavy atom. The second kappa shape index (κ2) is 10.5. The molecular weight excluding hydrogens is 328 g/mol. The highest BCUT2D eigenvalue weighted by Crippen LogP contribution is 2.16. The molecule has 2 N–H and O–H groups in total. The summed E-state index contributed by atoms with van der Waals surface area (Å²) in [5, 5.41) is 6.89. The van der Waals surface area contributed by atoms with Crippen LogP contribution in [-0.4, -0.2) is 56.6 Å². The normalized spacial score (nSPS) is 12.2. The molecule has 0 aliphatic heterocycles. The molecule has 0 fully saturated rings. The number of amides is 1. The summed E-state index contributed by atoms with van der Waals surface area (Å²) < 4.78 is 5.79. The summed E-state index contributed by atoms with van der Waals surface area (Å²) in [6.07, 6.45) is 1.63. The zero-order valence-electron chi connectivity index (χ0n) is 14.4. The van der Waals surface area contributed by atoms with Crippen LogP contribution in [0.5, 0.6) is 5.75 Å². The first-order valence-electron chi connectivity index (χ1n) is 7.67. The predicted molar refractivity (Wildman–Crippen MR) is 98.7 cm³/mol. The van der Waals surface area contributed by atoms with Gasteiger partial charge in [0.05, 0.1) is 6.54 Å². The van der Waals surface area contributed by atoms with Crippen molar-refractivity contribution in [3.8, 4) is 5.75 Å². The number of hydrogen-bond donors (Lipinski definition) is 2. The lowest BCUT2D eigenvalue weighted by Crippen LogP contribution is -2.42. The van der Waals surface area contributed by atoms with Crippen LogP contribution < -0.4 is 15.4 Å². The van der Waals surface area contributed by atoms with E-state index in [-0.39, 0.29) is 18.6 Å². The van der Waals surface area contributed by atoms with E-state index in [1.165, 1.54) is 4.90 Å². The number of nitrogens with one attached hydrogen (secondary N) is 2. The van der Waals surface area contributed by atoms with Crippen molar-refractivity contribution in [1.29, 1.82) is 0 Å². The van der Waals surface area contributed by atoms with Gasteiger partial charge in [0.15, 0.2) is 5.96 Å². The monoisotopic (exact) mass is 352 g/mol. The van der Waals surface area contributed by atoms with Crippen molar-refractivity contribution < 1.29 is 9.53 Å². The minimum atomic E-state index is -0.0912. The fourth-order valence-electron chi connectivity index (χ4n) is 1.66. The lowest BCUT2D eigenvalue weighted by molar-refractivity contribution is -0.127. The first-order chi connectivity index (χ1) is 11.4. The molecule has 0 aromatic heterocycles. The van der Waals surface area contributed by atoms with E-state index in [0.29, 0.717) is 24.1 Å². The first-order valence-corrected chi connectivity index (χ1v) is 8.05. The number of ether oxygens (including phenoxy) is 1. The Kier molecular flexibility index (Phi) is 8.71. The number of carbonyl (C=O) groups excluding carboxylic acids is 1. The molecule has 0 bridgehead atoms. The highest BCUT2D eigenvalue weighted by atomic mass is 35.5. The molecule has 24 heavy (non-hydrogen) atoms. The van der Waals surface area contributed by atoms with Gasteiger partial charge in [-0.15, -0.1) is 6.58 Å². The Labute approximate surface area is 148 Å². The molecule has 0 spiro atoms. The van der Waals surface area contributed by atoms with E-state index in [4.69, 9.17) is 16.3 Å². The quantitative estimate of drug-likeness (QED) is 0.426. The van der Waals surface area contributed by atoms with E-state index in [0.717, 1.165) is 5.75 Å². The summed E-state index contributed by atoms with van der Waals surface area (Å²) in [6, 6.07) is 7.20. The van der Waals surface area contributed by atoms with Crippen molar-refractivity contribution in [2.45, 2.75) is 13.0 Å². The van der Waals surface area contributed by atoms with Crippen LogP contribution in [0.1, 0.15) is 6.92 Å². The van der Waals surface area contributed by atoms with Crippen molar-refractivity contribution in [1.82, 2.24) is 15.5 Å². The summed E-state index contributed by atoms with van der Waals surface area (Å²) in [5.41, 5.74) is 0. The summed E-state index contributed by atoms with van der Waals surface area (Å²) in [7, 11) is 3.40. The van der Waals surface area contributed by atoms with E-state index >= 15 is 0 Å². The van der Waals surface area contributed by atoms with Crippen LogP contribution in [0.4, 0.5) is 0 Å². The lowest BCUT2D eigenvalue weighted by Gasteiger charge is -2.18. The third-order valence-electron chi connectivity index (χ3n) is 2.99. The van der Waals surface area contributed by atoms with Crippen LogP contribution in [0.3, 0.4) is 0 Å². The van der Waals surface area contributed by atoms with Gasteiger partial charge in [-0.05, 0) is 31.2 Å². The Morgan fingerprint density at radius 1 is 1.38 bits per heavy atom. The van der Waals surface area contributed by atoms with Crippen LogP contribution in [0.25, 0.3) is 0 Å². The predicted octanol–water partition coefficient (Wildman–Crippen LogP) is 1.92. The number of guanidine groups is 1. The van der Waals surface area contributed by atoms with E-state index in [1.807, 2.05) is 19.1 Å². The second-order valence-corrected chi connectivity index (χ2v) is 5.82. The number of aliphatic imine (C=N–C) groups is 1. The van der Waals surface area contributed by atoms with Gasteiger partial charge in [0.25, 0.3) is 0 Å². The molecule has 1 atom stereocenters. The van der Waals surface area contributed by atoms with Crippen LogP contribution in [-0.2, 0) is 4.79 Å². The standard InChI is InChI=1S/C17H25ClN4O2/c1-5-10-19-17(21-12-16(23)22(3)4)20-11-13(2)24-15-8-6-14(18)7-9-15/h5-9,13H,1,10-12H2,2-4H3,(H2,19,20,21). The van der Waals surface area contributed by atoms with Crippen molar-refractivity contribution in [3.63, 3.8) is 0 Å². The summed E-state index contributed by atoms with van der Waals surface area (Å²) in [6.45, 7) is 6.76. The second-order valence-electron chi connectivity index (χ2n) is 5.39. The first kappa shape index (κ1) is 19.8. The highest BCUT2D eigenvalue weighted by molar-refractivity contribution is 6.30. The lowest BCUT2D eigenvalue weighted by atomic mass is 10.3. The van der Waals surface area contributed by atoms with Gasteiger partial charge in [-0.2, -0.15) is 0 Å².